The van der Waals surface area contributed by atoms with Crippen LogP contribution in [0.1, 0.15) is 44.0 Å². The largest absolute Gasteiger partial charge is 0.462 e. The molecule has 1 rings (SSSR count). The Morgan fingerprint density at radius 1 is 1.42 bits per heavy atom. The van der Waals surface area contributed by atoms with Gasteiger partial charge in [-0.1, -0.05) is 13.8 Å². The van der Waals surface area contributed by atoms with Crippen LogP contribution >= 0.6 is 0 Å². The summed E-state index contributed by atoms with van der Waals surface area (Å²) >= 11 is 0. The van der Waals surface area contributed by atoms with Crippen LogP contribution in [0.15, 0.2) is 18.3 Å². The minimum Gasteiger partial charge on any atom is -0.462 e. The Hall–Kier alpha value is -1.62. The van der Waals surface area contributed by atoms with Crippen molar-refractivity contribution in [1.82, 2.24) is 4.98 Å². The third kappa shape index (κ3) is 3.67. The molecule has 0 radical (unpaired) electrons. The monoisotopic (exact) mass is 266 g/mol. The van der Waals surface area contributed by atoms with Gasteiger partial charge < -0.3 is 15.2 Å². The first kappa shape index (κ1) is 15.4. The molecule has 0 spiro atoms. The molecule has 19 heavy (non-hydrogen) atoms. The van der Waals surface area contributed by atoms with E-state index in [1.165, 1.54) is 0 Å². The predicted octanol–water partition coefficient (Wildman–Crippen LogP) is 2.22. The molecule has 0 bridgehead atoms. The Labute approximate surface area is 114 Å². The molecule has 5 heteroatoms. The molecule has 1 heterocycles. The second-order valence-corrected chi connectivity index (χ2v) is 4.39. The third-order valence-electron chi connectivity index (χ3n) is 3.34. The highest BCUT2D eigenvalue weighted by atomic mass is 16.5. The number of hydrogen-bond donors (Lipinski definition) is 2. The highest BCUT2D eigenvalue weighted by molar-refractivity contribution is 5.94. The summed E-state index contributed by atoms with van der Waals surface area (Å²) in [6.07, 6.45) is 3.08. The van der Waals surface area contributed by atoms with Crippen molar-refractivity contribution in [3.05, 3.63) is 23.9 Å². The number of aliphatic hydroxyl groups excluding tert-OH is 1. The fourth-order valence-electron chi connectivity index (χ4n) is 1.82. The Bertz CT molecular complexity index is 409. The lowest BCUT2D eigenvalue weighted by Crippen LogP contribution is -2.41. The van der Waals surface area contributed by atoms with E-state index in [2.05, 4.69) is 10.3 Å². The molecule has 1 aromatic heterocycles. The van der Waals surface area contributed by atoms with Crippen molar-refractivity contribution in [2.75, 3.05) is 18.5 Å². The number of rotatable bonds is 7. The van der Waals surface area contributed by atoms with Crippen molar-refractivity contribution in [2.24, 2.45) is 0 Å². The van der Waals surface area contributed by atoms with E-state index in [1.807, 2.05) is 13.8 Å². The minimum absolute atomic E-state index is 0.0150. The van der Waals surface area contributed by atoms with Gasteiger partial charge in [-0.15, -0.1) is 0 Å². The van der Waals surface area contributed by atoms with Crippen LogP contribution in [0.25, 0.3) is 0 Å². The summed E-state index contributed by atoms with van der Waals surface area (Å²) in [4.78, 5) is 16.0. The van der Waals surface area contributed by atoms with E-state index in [-0.39, 0.29) is 6.61 Å². The fraction of sp³-hybridized carbons (Fsp3) is 0.571. The summed E-state index contributed by atoms with van der Waals surface area (Å²) in [5.74, 6) is 0.0517. The molecule has 0 saturated heterocycles. The quantitative estimate of drug-likeness (QED) is 0.740. The van der Waals surface area contributed by atoms with E-state index in [4.69, 9.17) is 4.74 Å². The van der Waals surface area contributed by atoms with Crippen LogP contribution in [0.3, 0.4) is 0 Å². The van der Waals surface area contributed by atoms with E-state index in [9.17, 15) is 9.90 Å². The first-order chi connectivity index (χ1) is 9.12. The van der Waals surface area contributed by atoms with Gasteiger partial charge >= 0.3 is 5.97 Å². The number of carbonyl (C=O) groups excluding carboxylic acids is 1. The topological polar surface area (TPSA) is 71.5 Å². The average molecular weight is 266 g/mol. The van der Waals surface area contributed by atoms with Gasteiger partial charge in [-0.05, 0) is 31.9 Å². The first-order valence-electron chi connectivity index (χ1n) is 6.63. The molecule has 0 unspecified atom stereocenters. The van der Waals surface area contributed by atoms with Gasteiger partial charge in [0.05, 0.1) is 18.8 Å². The van der Waals surface area contributed by atoms with Gasteiger partial charge in [0.25, 0.3) is 0 Å². The van der Waals surface area contributed by atoms with Gasteiger partial charge in [0.15, 0.2) is 0 Å². The maximum absolute atomic E-state index is 11.9. The van der Waals surface area contributed by atoms with Crippen molar-refractivity contribution >= 4 is 11.8 Å². The molecular weight excluding hydrogens is 244 g/mol. The zero-order chi connectivity index (χ0) is 14.3. The molecule has 0 saturated carbocycles. The number of hydrogen-bond acceptors (Lipinski definition) is 5. The third-order valence-corrected chi connectivity index (χ3v) is 3.34. The number of aliphatic hydroxyl groups is 1. The fourth-order valence-corrected chi connectivity index (χ4v) is 1.82. The number of aromatic nitrogens is 1. The predicted molar refractivity (Wildman–Crippen MR) is 74.2 cm³/mol. The number of anilines is 1. The van der Waals surface area contributed by atoms with Gasteiger partial charge in [0.2, 0.25) is 0 Å². The number of nitrogens with one attached hydrogen (secondary N) is 1. The molecule has 0 fully saturated rings. The van der Waals surface area contributed by atoms with Gasteiger partial charge in [-0.3, -0.25) is 0 Å². The molecule has 0 aromatic carbocycles. The van der Waals surface area contributed by atoms with Crippen LogP contribution in [0.4, 0.5) is 5.82 Å². The van der Waals surface area contributed by atoms with E-state index >= 15 is 0 Å². The van der Waals surface area contributed by atoms with Crippen molar-refractivity contribution in [1.29, 1.82) is 0 Å². The summed E-state index contributed by atoms with van der Waals surface area (Å²) in [6, 6.07) is 3.36. The Morgan fingerprint density at radius 3 is 2.63 bits per heavy atom. The molecule has 0 atom stereocenters. The van der Waals surface area contributed by atoms with Gasteiger partial charge in [-0.25, -0.2) is 9.78 Å². The Kier molecular flexibility index (Phi) is 5.76. The van der Waals surface area contributed by atoms with Gasteiger partial charge in [0.1, 0.15) is 11.4 Å². The van der Waals surface area contributed by atoms with Crippen LogP contribution in [0.5, 0.6) is 0 Å². The molecule has 106 valence electrons. The van der Waals surface area contributed by atoms with Crippen molar-refractivity contribution < 1.29 is 14.6 Å². The summed E-state index contributed by atoms with van der Waals surface area (Å²) in [5.41, 5.74) is -0.0700. The van der Waals surface area contributed by atoms with E-state index in [0.717, 1.165) is 12.8 Å². The van der Waals surface area contributed by atoms with Crippen molar-refractivity contribution in [2.45, 2.75) is 39.2 Å². The second-order valence-electron chi connectivity index (χ2n) is 4.39. The lowest BCUT2D eigenvalue weighted by atomic mass is 9.93. The molecule has 0 amide bonds. The summed E-state index contributed by atoms with van der Waals surface area (Å²) in [5, 5.41) is 12.8. The smallest absolute Gasteiger partial charge is 0.341 e. The molecule has 2 N–H and O–H groups in total. The summed E-state index contributed by atoms with van der Waals surface area (Å²) < 4.78 is 5.00. The van der Waals surface area contributed by atoms with Crippen molar-refractivity contribution in [3.8, 4) is 0 Å². The first-order valence-corrected chi connectivity index (χ1v) is 6.63. The van der Waals surface area contributed by atoms with Crippen LogP contribution in [0.2, 0.25) is 0 Å². The molecular formula is C14H22N2O3. The minimum atomic E-state index is -0.463. The lowest BCUT2D eigenvalue weighted by Gasteiger charge is -2.31. The highest BCUT2D eigenvalue weighted by Crippen LogP contribution is 2.23. The normalized spacial score (nSPS) is 11.2. The molecule has 1 aromatic rings. The number of carbonyl (C=O) groups is 1. The zero-order valence-corrected chi connectivity index (χ0v) is 11.8. The number of nitrogens with zero attached hydrogens (tertiary/aromatic N) is 1. The zero-order valence-electron chi connectivity index (χ0n) is 11.8. The standard InChI is InChI=1S/C14H22N2O3/c1-4-14(5-2,10-17)16-12-11(8-7-9-15-12)13(18)19-6-3/h7-9,17H,4-6,10H2,1-3H3,(H,15,16). The molecule has 0 aliphatic carbocycles. The van der Waals surface area contributed by atoms with E-state index < -0.39 is 11.5 Å². The molecule has 5 nitrogen and oxygen atoms in total. The number of pyridine rings is 1. The SMILES string of the molecule is CCOC(=O)c1cccnc1NC(CC)(CC)CO. The highest BCUT2D eigenvalue weighted by Gasteiger charge is 2.27. The molecule has 0 aliphatic rings. The summed E-state index contributed by atoms with van der Waals surface area (Å²) in [7, 11) is 0. The summed E-state index contributed by atoms with van der Waals surface area (Å²) in [6.45, 7) is 6.04. The van der Waals surface area contributed by atoms with Crippen LogP contribution in [-0.2, 0) is 4.74 Å². The van der Waals surface area contributed by atoms with Crippen LogP contribution in [0, 0.1) is 0 Å². The van der Waals surface area contributed by atoms with Crippen molar-refractivity contribution in [3.63, 3.8) is 0 Å². The van der Waals surface area contributed by atoms with Gasteiger partial charge in [0, 0.05) is 6.20 Å². The second kappa shape index (κ2) is 7.09. The van der Waals surface area contributed by atoms with E-state index in [1.54, 1.807) is 25.3 Å². The van der Waals surface area contributed by atoms with Crippen LogP contribution < -0.4 is 5.32 Å². The number of ether oxygens (including phenoxy) is 1. The van der Waals surface area contributed by atoms with Crippen LogP contribution in [-0.4, -0.2) is 34.8 Å². The Morgan fingerprint density at radius 2 is 2.11 bits per heavy atom. The Balaban J connectivity index is 3.03. The molecule has 0 aliphatic heterocycles. The maximum atomic E-state index is 11.9. The number of esters is 1. The van der Waals surface area contributed by atoms with E-state index in [0.29, 0.717) is 18.0 Å². The lowest BCUT2D eigenvalue weighted by molar-refractivity contribution is 0.0526. The van der Waals surface area contributed by atoms with Gasteiger partial charge in [-0.2, -0.15) is 0 Å². The average Bonchev–Trinajstić information content (AvgIpc) is 2.45. The maximum Gasteiger partial charge on any atom is 0.341 e.